The van der Waals surface area contributed by atoms with Crippen molar-refractivity contribution in [2.45, 2.75) is 6.42 Å². The molecule has 92 valence electrons. The predicted octanol–water partition coefficient (Wildman–Crippen LogP) is 2.57. The first kappa shape index (κ1) is 13.0. The first-order valence-corrected chi connectivity index (χ1v) is 5.06. The number of ether oxygens (including phenoxy) is 3. The molecule has 0 atom stereocenters. The number of azide groups is 1. The Kier molecular flexibility index (Phi) is 4.97. The molecule has 1 aromatic carbocycles. The zero-order valence-corrected chi connectivity index (χ0v) is 10.1. The van der Waals surface area contributed by atoms with E-state index >= 15 is 0 Å². The summed E-state index contributed by atoms with van der Waals surface area (Å²) >= 11 is 0. The summed E-state index contributed by atoms with van der Waals surface area (Å²) in [5, 5.41) is 3.49. The number of nitrogens with zero attached hydrogens (tertiary/aromatic N) is 3. The Morgan fingerprint density at radius 1 is 1.06 bits per heavy atom. The first-order chi connectivity index (χ1) is 8.26. The Morgan fingerprint density at radius 2 is 1.65 bits per heavy atom. The van der Waals surface area contributed by atoms with Crippen molar-refractivity contribution in [3.8, 4) is 17.2 Å². The van der Waals surface area contributed by atoms with Crippen LogP contribution in [0.4, 0.5) is 0 Å². The molecule has 0 saturated heterocycles. The fraction of sp³-hybridized carbons (Fsp3) is 0.455. The molecule has 6 nitrogen and oxygen atoms in total. The van der Waals surface area contributed by atoms with E-state index in [9.17, 15) is 0 Å². The van der Waals surface area contributed by atoms with Gasteiger partial charge in [-0.3, -0.25) is 0 Å². The maximum Gasteiger partial charge on any atom is 0.164 e. The van der Waals surface area contributed by atoms with E-state index in [0.29, 0.717) is 30.2 Å². The number of methoxy groups -OCH3 is 3. The van der Waals surface area contributed by atoms with E-state index in [4.69, 9.17) is 19.7 Å². The lowest BCUT2D eigenvalue weighted by Crippen LogP contribution is -1.98. The zero-order valence-electron chi connectivity index (χ0n) is 10.1. The molecule has 0 aliphatic carbocycles. The van der Waals surface area contributed by atoms with Crippen LogP contribution < -0.4 is 14.2 Å². The SMILES string of the molecule is COc1cc(OC)c(OC)cc1CCN=[N+]=[N-]. The van der Waals surface area contributed by atoms with Crippen LogP contribution in [0.25, 0.3) is 10.4 Å². The number of rotatable bonds is 6. The van der Waals surface area contributed by atoms with Crippen molar-refractivity contribution in [3.63, 3.8) is 0 Å². The third-order valence-corrected chi connectivity index (χ3v) is 2.33. The molecule has 0 spiro atoms. The van der Waals surface area contributed by atoms with Gasteiger partial charge < -0.3 is 14.2 Å². The highest BCUT2D eigenvalue weighted by Gasteiger charge is 2.11. The number of hydrogen-bond donors (Lipinski definition) is 0. The normalized spacial score (nSPS) is 9.35. The second-order valence-electron chi connectivity index (χ2n) is 3.22. The van der Waals surface area contributed by atoms with E-state index in [0.717, 1.165) is 5.56 Å². The van der Waals surface area contributed by atoms with Crippen molar-refractivity contribution in [3.05, 3.63) is 28.1 Å². The quantitative estimate of drug-likeness (QED) is 0.433. The largest absolute Gasteiger partial charge is 0.496 e. The van der Waals surface area contributed by atoms with Gasteiger partial charge in [-0.2, -0.15) is 0 Å². The minimum absolute atomic E-state index is 0.377. The molecule has 1 rings (SSSR count). The molecular weight excluding hydrogens is 222 g/mol. The van der Waals surface area contributed by atoms with E-state index < -0.39 is 0 Å². The average Bonchev–Trinajstić information content (AvgIpc) is 2.38. The monoisotopic (exact) mass is 237 g/mol. The van der Waals surface area contributed by atoms with Crippen LogP contribution in [0.3, 0.4) is 0 Å². The van der Waals surface area contributed by atoms with Crippen molar-refractivity contribution in [2.75, 3.05) is 27.9 Å². The highest BCUT2D eigenvalue weighted by atomic mass is 16.5. The van der Waals surface area contributed by atoms with Gasteiger partial charge in [-0.25, -0.2) is 0 Å². The minimum Gasteiger partial charge on any atom is -0.496 e. The van der Waals surface area contributed by atoms with Gasteiger partial charge in [0, 0.05) is 17.5 Å². The van der Waals surface area contributed by atoms with Gasteiger partial charge in [0.15, 0.2) is 11.5 Å². The van der Waals surface area contributed by atoms with Crippen LogP contribution in [0.1, 0.15) is 5.56 Å². The Balaban J connectivity index is 3.05. The third kappa shape index (κ3) is 3.19. The number of benzene rings is 1. The molecule has 0 saturated carbocycles. The summed E-state index contributed by atoms with van der Waals surface area (Å²) in [5.41, 5.74) is 9.15. The van der Waals surface area contributed by atoms with Crippen LogP contribution in [0, 0.1) is 0 Å². The van der Waals surface area contributed by atoms with Gasteiger partial charge in [-0.05, 0) is 23.6 Å². The summed E-state index contributed by atoms with van der Waals surface area (Å²) in [4.78, 5) is 2.71. The molecule has 0 unspecified atom stereocenters. The summed E-state index contributed by atoms with van der Waals surface area (Å²) < 4.78 is 15.6. The molecule has 0 aliphatic rings. The van der Waals surface area contributed by atoms with Gasteiger partial charge >= 0.3 is 0 Å². The lowest BCUT2D eigenvalue weighted by molar-refractivity contribution is 0.347. The summed E-state index contributed by atoms with van der Waals surface area (Å²) in [7, 11) is 4.72. The van der Waals surface area contributed by atoms with Crippen LogP contribution in [-0.2, 0) is 6.42 Å². The zero-order chi connectivity index (χ0) is 12.7. The highest BCUT2D eigenvalue weighted by Crippen LogP contribution is 2.34. The van der Waals surface area contributed by atoms with Gasteiger partial charge in [0.05, 0.1) is 21.3 Å². The van der Waals surface area contributed by atoms with Crippen LogP contribution in [0.15, 0.2) is 17.2 Å². The Morgan fingerprint density at radius 3 is 2.18 bits per heavy atom. The molecule has 0 aromatic heterocycles. The van der Waals surface area contributed by atoms with Crippen molar-refractivity contribution >= 4 is 0 Å². The molecule has 0 fully saturated rings. The van der Waals surface area contributed by atoms with E-state index in [2.05, 4.69) is 10.0 Å². The first-order valence-electron chi connectivity index (χ1n) is 5.06. The van der Waals surface area contributed by atoms with Gasteiger partial charge in [0.2, 0.25) is 0 Å². The van der Waals surface area contributed by atoms with E-state index in [-0.39, 0.29) is 0 Å². The summed E-state index contributed by atoms with van der Waals surface area (Å²) in [5.74, 6) is 1.93. The van der Waals surface area contributed by atoms with Crippen LogP contribution in [-0.4, -0.2) is 27.9 Å². The summed E-state index contributed by atoms with van der Waals surface area (Å²) in [6.07, 6.45) is 0.591. The van der Waals surface area contributed by atoms with Gasteiger partial charge in [0.1, 0.15) is 5.75 Å². The standard InChI is InChI=1S/C11H15N3O3/c1-15-9-7-11(17-3)10(16-2)6-8(9)4-5-13-14-12/h6-7H,4-5H2,1-3H3. The summed E-state index contributed by atoms with van der Waals surface area (Å²) in [6.45, 7) is 0.377. The van der Waals surface area contributed by atoms with Gasteiger partial charge in [-0.15, -0.1) is 0 Å². The smallest absolute Gasteiger partial charge is 0.164 e. The second kappa shape index (κ2) is 6.50. The number of hydrogen-bond acceptors (Lipinski definition) is 4. The molecule has 17 heavy (non-hydrogen) atoms. The topological polar surface area (TPSA) is 76.5 Å². The molecular formula is C11H15N3O3. The summed E-state index contributed by atoms with van der Waals surface area (Å²) in [6, 6.07) is 3.58. The van der Waals surface area contributed by atoms with Gasteiger partial charge in [0.25, 0.3) is 0 Å². The highest BCUT2D eigenvalue weighted by molar-refractivity contribution is 5.50. The lowest BCUT2D eigenvalue weighted by atomic mass is 10.1. The molecule has 6 heteroatoms. The lowest BCUT2D eigenvalue weighted by Gasteiger charge is -2.13. The van der Waals surface area contributed by atoms with Crippen molar-refractivity contribution in [1.29, 1.82) is 0 Å². The average molecular weight is 237 g/mol. The maximum atomic E-state index is 8.24. The Labute approximate surface area is 99.7 Å². The molecule has 0 heterocycles. The van der Waals surface area contributed by atoms with Crippen LogP contribution in [0.2, 0.25) is 0 Å². The molecule has 0 radical (unpaired) electrons. The van der Waals surface area contributed by atoms with Gasteiger partial charge in [-0.1, -0.05) is 5.11 Å². The molecule has 0 bridgehead atoms. The molecule has 0 N–H and O–H groups in total. The second-order valence-corrected chi connectivity index (χ2v) is 3.22. The van der Waals surface area contributed by atoms with Crippen LogP contribution >= 0.6 is 0 Å². The maximum absolute atomic E-state index is 8.24. The van der Waals surface area contributed by atoms with E-state index in [1.54, 1.807) is 27.4 Å². The Bertz CT molecular complexity index is 428. The van der Waals surface area contributed by atoms with Crippen molar-refractivity contribution in [1.82, 2.24) is 0 Å². The van der Waals surface area contributed by atoms with Crippen LogP contribution in [0.5, 0.6) is 17.2 Å². The molecule has 1 aromatic rings. The fourth-order valence-electron chi connectivity index (χ4n) is 1.50. The van der Waals surface area contributed by atoms with E-state index in [1.165, 1.54) is 0 Å². The Hall–Kier alpha value is -2.07. The van der Waals surface area contributed by atoms with Crippen molar-refractivity contribution < 1.29 is 14.2 Å². The predicted molar refractivity (Wildman–Crippen MR) is 63.8 cm³/mol. The van der Waals surface area contributed by atoms with Crippen molar-refractivity contribution in [2.24, 2.45) is 5.11 Å². The molecule has 0 aliphatic heterocycles. The minimum atomic E-state index is 0.377. The third-order valence-electron chi connectivity index (χ3n) is 2.33. The fourth-order valence-corrected chi connectivity index (χ4v) is 1.50. The van der Waals surface area contributed by atoms with E-state index in [1.807, 2.05) is 6.07 Å². The molecule has 0 amide bonds.